The second-order valence-corrected chi connectivity index (χ2v) is 7.21. The van der Waals surface area contributed by atoms with Crippen molar-refractivity contribution >= 4 is 34.2 Å². The van der Waals surface area contributed by atoms with Gasteiger partial charge in [0.15, 0.2) is 5.17 Å². The van der Waals surface area contributed by atoms with E-state index < -0.39 is 0 Å². The second kappa shape index (κ2) is 7.58. The summed E-state index contributed by atoms with van der Waals surface area (Å²) in [6.45, 7) is 0. The standard InChI is InChI=1S/C22H18N2OS/c25-21-20(16-17-10-4-1-5-11-17)26-22(23-18-12-6-2-7-13-18)24(21)19-14-8-3-9-15-19/h1-15,20H,16H2/t20-/m0/s1. The van der Waals surface area contributed by atoms with Crippen molar-refractivity contribution in [2.45, 2.75) is 11.7 Å². The summed E-state index contributed by atoms with van der Waals surface area (Å²) in [6, 6.07) is 29.6. The first-order valence-electron chi connectivity index (χ1n) is 8.54. The Morgan fingerprint density at radius 2 is 1.38 bits per heavy atom. The largest absolute Gasteiger partial charge is 0.273 e. The van der Waals surface area contributed by atoms with Gasteiger partial charge in [-0.2, -0.15) is 0 Å². The molecule has 26 heavy (non-hydrogen) atoms. The van der Waals surface area contributed by atoms with E-state index in [2.05, 4.69) is 12.1 Å². The van der Waals surface area contributed by atoms with Crippen molar-refractivity contribution < 1.29 is 4.79 Å². The highest BCUT2D eigenvalue weighted by atomic mass is 32.2. The van der Waals surface area contributed by atoms with Gasteiger partial charge in [0.05, 0.1) is 16.6 Å². The molecule has 0 spiro atoms. The molecule has 3 aromatic carbocycles. The first kappa shape index (κ1) is 16.6. The molecule has 4 rings (SSSR count). The highest BCUT2D eigenvalue weighted by molar-refractivity contribution is 8.16. The van der Waals surface area contributed by atoms with Gasteiger partial charge in [0.2, 0.25) is 5.91 Å². The molecule has 1 atom stereocenters. The first-order valence-corrected chi connectivity index (χ1v) is 9.42. The number of hydrogen-bond donors (Lipinski definition) is 0. The van der Waals surface area contributed by atoms with Gasteiger partial charge < -0.3 is 0 Å². The maximum Gasteiger partial charge on any atom is 0.247 e. The van der Waals surface area contributed by atoms with Gasteiger partial charge in [0.1, 0.15) is 0 Å². The number of benzene rings is 3. The Morgan fingerprint density at radius 1 is 0.808 bits per heavy atom. The number of carbonyl (C=O) groups is 1. The molecular weight excluding hydrogens is 340 g/mol. The summed E-state index contributed by atoms with van der Waals surface area (Å²) in [5, 5.41) is 0.563. The molecule has 4 heteroatoms. The normalized spacial score (nSPS) is 18.5. The smallest absolute Gasteiger partial charge is 0.247 e. The van der Waals surface area contributed by atoms with Crippen molar-refractivity contribution in [1.29, 1.82) is 0 Å². The summed E-state index contributed by atoms with van der Waals surface area (Å²) < 4.78 is 0. The van der Waals surface area contributed by atoms with E-state index in [1.165, 1.54) is 11.8 Å². The van der Waals surface area contributed by atoms with E-state index in [-0.39, 0.29) is 11.2 Å². The average molecular weight is 358 g/mol. The number of aliphatic imine (C=N–C) groups is 1. The number of amidine groups is 1. The SMILES string of the molecule is O=C1[C@H](Cc2ccccc2)SC(=Nc2ccccc2)N1c1ccccc1. The van der Waals surface area contributed by atoms with Crippen LogP contribution < -0.4 is 4.90 Å². The lowest BCUT2D eigenvalue weighted by Gasteiger charge is -2.16. The van der Waals surface area contributed by atoms with E-state index in [9.17, 15) is 4.79 Å². The van der Waals surface area contributed by atoms with Crippen molar-refractivity contribution in [2.75, 3.05) is 4.90 Å². The molecule has 0 radical (unpaired) electrons. The van der Waals surface area contributed by atoms with E-state index in [0.717, 1.165) is 22.1 Å². The topological polar surface area (TPSA) is 32.7 Å². The van der Waals surface area contributed by atoms with Crippen LogP contribution in [0.1, 0.15) is 5.56 Å². The molecule has 0 unspecified atom stereocenters. The number of nitrogens with zero attached hydrogens (tertiary/aromatic N) is 2. The number of thioether (sulfide) groups is 1. The van der Waals surface area contributed by atoms with Crippen LogP contribution in [0.2, 0.25) is 0 Å². The minimum absolute atomic E-state index is 0.0831. The Bertz CT molecular complexity index is 911. The third-order valence-corrected chi connectivity index (χ3v) is 5.33. The fourth-order valence-corrected chi connectivity index (χ4v) is 4.13. The second-order valence-electron chi connectivity index (χ2n) is 6.04. The quantitative estimate of drug-likeness (QED) is 0.652. The summed E-state index contributed by atoms with van der Waals surface area (Å²) in [7, 11) is 0. The fourth-order valence-electron chi connectivity index (χ4n) is 2.93. The van der Waals surface area contributed by atoms with Crippen molar-refractivity contribution in [3.63, 3.8) is 0 Å². The van der Waals surface area contributed by atoms with Crippen LogP contribution in [0.25, 0.3) is 0 Å². The van der Waals surface area contributed by atoms with Gasteiger partial charge in [-0.25, -0.2) is 4.99 Å². The van der Waals surface area contributed by atoms with Crippen LogP contribution in [0.15, 0.2) is 96.0 Å². The van der Waals surface area contributed by atoms with E-state index >= 15 is 0 Å². The van der Waals surface area contributed by atoms with Crippen molar-refractivity contribution in [3.8, 4) is 0 Å². The van der Waals surface area contributed by atoms with Crippen molar-refractivity contribution in [2.24, 2.45) is 4.99 Å². The number of anilines is 1. The maximum atomic E-state index is 13.1. The van der Waals surface area contributed by atoms with Crippen molar-refractivity contribution in [1.82, 2.24) is 0 Å². The third kappa shape index (κ3) is 3.55. The Hall–Kier alpha value is -2.85. The zero-order valence-electron chi connectivity index (χ0n) is 14.2. The molecule has 0 N–H and O–H groups in total. The van der Waals surface area contributed by atoms with Gasteiger partial charge in [-0.05, 0) is 36.2 Å². The summed E-state index contributed by atoms with van der Waals surface area (Å²) >= 11 is 1.54. The van der Waals surface area contributed by atoms with Gasteiger partial charge in [-0.3, -0.25) is 9.69 Å². The Balaban J connectivity index is 1.68. The van der Waals surface area contributed by atoms with Gasteiger partial charge in [0, 0.05) is 0 Å². The Morgan fingerprint density at radius 3 is 2.04 bits per heavy atom. The molecule has 1 heterocycles. The zero-order valence-corrected chi connectivity index (χ0v) is 15.0. The molecule has 0 aliphatic carbocycles. The summed E-state index contributed by atoms with van der Waals surface area (Å²) in [6.07, 6.45) is 0.696. The lowest BCUT2D eigenvalue weighted by Crippen LogP contribution is -2.32. The van der Waals surface area contributed by atoms with E-state index in [1.807, 2.05) is 78.9 Å². The summed E-state index contributed by atoms with van der Waals surface area (Å²) in [5.74, 6) is 0.0831. The van der Waals surface area contributed by atoms with Gasteiger partial charge in [-0.15, -0.1) is 0 Å². The average Bonchev–Trinajstić information content (AvgIpc) is 2.99. The molecule has 1 aliphatic rings. The first-order chi connectivity index (χ1) is 12.8. The van der Waals surface area contributed by atoms with Crippen LogP contribution >= 0.6 is 11.8 Å². The van der Waals surface area contributed by atoms with Gasteiger partial charge >= 0.3 is 0 Å². The monoisotopic (exact) mass is 358 g/mol. The van der Waals surface area contributed by atoms with E-state index in [1.54, 1.807) is 4.90 Å². The fraction of sp³-hybridized carbons (Fsp3) is 0.0909. The number of carbonyl (C=O) groups excluding carboxylic acids is 1. The molecular formula is C22H18N2OS. The molecule has 128 valence electrons. The van der Waals surface area contributed by atoms with Gasteiger partial charge in [-0.1, -0.05) is 78.5 Å². The predicted molar refractivity (Wildman–Crippen MR) is 109 cm³/mol. The van der Waals surface area contributed by atoms with Crippen LogP contribution in [0.4, 0.5) is 11.4 Å². The number of amides is 1. The summed E-state index contributed by atoms with van der Waals surface area (Å²) in [4.78, 5) is 19.6. The molecule has 1 saturated heterocycles. The molecule has 3 nitrogen and oxygen atoms in total. The van der Waals surface area contributed by atoms with Crippen LogP contribution in [0.3, 0.4) is 0 Å². The highest BCUT2D eigenvalue weighted by Crippen LogP contribution is 2.35. The van der Waals surface area contributed by atoms with E-state index in [4.69, 9.17) is 4.99 Å². The third-order valence-electron chi connectivity index (χ3n) is 4.19. The minimum Gasteiger partial charge on any atom is -0.273 e. The van der Waals surface area contributed by atoms with Crippen LogP contribution in [-0.4, -0.2) is 16.3 Å². The van der Waals surface area contributed by atoms with Gasteiger partial charge in [0.25, 0.3) is 0 Å². The highest BCUT2D eigenvalue weighted by Gasteiger charge is 2.38. The number of para-hydroxylation sites is 2. The number of hydrogen-bond acceptors (Lipinski definition) is 3. The predicted octanol–water partition coefficient (Wildman–Crippen LogP) is 5.07. The molecule has 1 fully saturated rings. The zero-order chi connectivity index (χ0) is 17.8. The molecule has 1 aliphatic heterocycles. The van der Waals surface area contributed by atoms with E-state index in [0.29, 0.717) is 6.42 Å². The summed E-state index contributed by atoms with van der Waals surface area (Å²) in [5.41, 5.74) is 2.87. The van der Waals surface area contributed by atoms with Crippen LogP contribution in [-0.2, 0) is 11.2 Å². The molecule has 1 amide bonds. The maximum absolute atomic E-state index is 13.1. The Kier molecular flexibility index (Phi) is 4.84. The lowest BCUT2D eigenvalue weighted by molar-refractivity contribution is -0.116. The molecule has 0 saturated carbocycles. The number of rotatable bonds is 4. The Labute approximate surface area is 157 Å². The van der Waals surface area contributed by atoms with Crippen LogP contribution in [0, 0.1) is 0 Å². The molecule has 0 bridgehead atoms. The minimum atomic E-state index is -0.167. The lowest BCUT2D eigenvalue weighted by atomic mass is 10.1. The molecule has 3 aromatic rings. The van der Waals surface area contributed by atoms with Crippen molar-refractivity contribution in [3.05, 3.63) is 96.6 Å². The molecule has 0 aromatic heterocycles. The van der Waals surface area contributed by atoms with Crippen LogP contribution in [0.5, 0.6) is 0 Å².